The third kappa shape index (κ3) is 4.50. The molecule has 0 spiro atoms. The molecular weight excluding hydrogens is 88.1 g/mol. The molecule has 7 heavy (non-hydrogen) atoms. The van der Waals surface area contributed by atoms with E-state index >= 15 is 0 Å². The molecule has 2 heteroatoms. The van der Waals surface area contributed by atoms with Crippen LogP contribution in [0.1, 0.15) is 0 Å². The molecule has 0 heterocycles. The summed E-state index contributed by atoms with van der Waals surface area (Å²) in [6.07, 6.45) is 2.23. The lowest BCUT2D eigenvalue weighted by Crippen LogP contribution is -1.38. The van der Waals surface area contributed by atoms with Crippen molar-refractivity contribution in [3.63, 3.8) is 0 Å². The Labute approximate surface area is 41.6 Å². The van der Waals surface area contributed by atoms with Crippen molar-refractivity contribution in [3.8, 4) is 12.1 Å². The van der Waals surface area contributed by atoms with Crippen molar-refractivity contribution in [2.75, 3.05) is 0 Å². The van der Waals surface area contributed by atoms with Gasteiger partial charge in [0.25, 0.3) is 0 Å². The van der Waals surface area contributed by atoms with Gasteiger partial charge in [-0.05, 0) is 0 Å². The van der Waals surface area contributed by atoms with Gasteiger partial charge in [0.05, 0.1) is 24.3 Å². The molecule has 0 atom stereocenters. The smallest absolute Gasteiger partial charge is 0.0996 e. The highest BCUT2D eigenvalue weighted by molar-refractivity contribution is 5.08. The average molecular weight is 90.1 g/mol. The molecule has 0 unspecified atom stereocenters. The number of hydrogen-bond donors (Lipinski definition) is 0. The Hall–Kier alpha value is -1.50. The standard InChI is InChI=1S/C5H2N2/c6-4-2-1-3-5-7/h2-3H. The molecule has 0 aliphatic heterocycles. The molecule has 0 aromatic carbocycles. The second-order valence-electron chi connectivity index (χ2n) is 0.714. The Morgan fingerprint density at radius 2 is 1.43 bits per heavy atom. The van der Waals surface area contributed by atoms with E-state index in [9.17, 15) is 0 Å². The van der Waals surface area contributed by atoms with E-state index in [1.54, 1.807) is 12.1 Å². The van der Waals surface area contributed by atoms with Crippen LogP contribution in [0.5, 0.6) is 0 Å². The third-order valence-corrected chi connectivity index (χ3v) is 0.296. The molecule has 0 N–H and O–H groups in total. The van der Waals surface area contributed by atoms with Crippen molar-refractivity contribution in [1.29, 1.82) is 10.5 Å². The van der Waals surface area contributed by atoms with Crippen molar-refractivity contribution in [1.82, 2.24) is 0 Å². The second-order valence-corrected chi connectivity index (χ2v) is 0.714. The maximum absolute atomic E-state index is 7.80. The lowest BCUT2D eigenvalue weighted by Gasteiger charge is -1.45. The van der Waals surface area contributed by atoms with Crippen molar-refractivity contribution in [2.24, 2.45) is 0 Å². The summed E-state index contributed by atoms with van der Waals surface area (Å²) < 4.78 is 0. The van der Waals surface area contributed by atoms with Gasteiger partial charge in [0, 0.05) is 0 Å². The minimum absolute atomic E-state index is 1.11. The normalized spacial score (nSPS) is 4.29. The molecule has 0 rings (SSSR count). The van der Waals surface area contributed by atoms with E-state index in [1.165, 1.54) is 0 Å². The molecule has 0 saturated heterocycles. The van der Waals surface area contributed by atoms with E-state index in [4.69, 9.17) is 10.5 Å². The van der Waals surface area contributed by atoms with E-state index in [0.717, 1.165) is 12.2 Å². The summed E-state index contributed by atoms with van der Waals surface area (Å²) in [5.74, 6) is 0. The first-order valence-corrected chi connectivity index (χ1v) is 1.60. The Kier molecular flexibility index (Phi) is 3.54. The van der Waals surface area contributed by atoms with Gasteiger partial charge in [-0.25, -0.2) is 0 Å². The van der Waals surface area contributed by atoms with Gasteiger partial charge in [-0.1, -0.05) is 5.73 Å². The number of nitriles is 2. The highest BCUT2D eigenvalue weighted by atomic mass is 14.2. The fourth-order valence-electron chi connectivity index (χ4n) is 0.116. The Morgan fingerprint density at radius 1 is 1.00 bits per heavy atom. The third-order valence-electron chi connectivity index (χ3n) is 0.296. The highest BCUT2D eigenvalue weighted by Crippen LogP contribution is 1.59. The minimum atomic E-state index is 1.11. The molecule has 0 bridgehead atoms. The van der Waals surface area contributed by atoms with Crippen LogP contribution < -0.4 is 0 Å². The molecule has 2 nitrogen and oxygen atoms in total. The van der Waals surface area contributed by atoms with Crippen molar-refractivity contribution < 1.29 is 0 Å². The van der Waals surface area contributed by atoms with E-state index in [-0.39, 0.29) is 0 Å². The largest absolute Gasteiger partial charge is 0.192 e. The van der Waals surface area contributed by atoms with Gasteiger partial charge in [-0.3, -0.25) is 0 Å². The highest BCUT2D eigenvalue weighted by Gasteiger charge is 1.51. The zero-order chi connectivity index (χ0) is 5.54. The summed E-state index contributed by atoms with van der Waals surface area (Å²) in [7, 11) is 0. The van der Waals surface area contributed by atoms with Gasteiger partial charge in [0.2, 0.25) is 0 Å². The SMILES string of the molecule is N#CC=C=CC#N. The Balaban J connectivity index is 3.78. The van der Waals surface area contributed by atoms with Crippen LogP contribution in [0.3, 0.4) is 0 Å². The van der Waals surface area contributed by atoms with Gasteiger partial charge in [0.15, 0.2) is 0 Å². The Bertz CT molecular complexity index is 153. The number of hydrogen-bond acceptors (Lipinski definition) is 2. The summed E-state index contributed by atoms with van der Waals surface area (Å²) in [4.78, 5) is 0. The van der Waals surface area contributed by atoms with Crippen LogP contribution >= 0.6 is 0 Å². The maximum Gasteiger partial charge on any atom is 0.0996 e. The Morgan fingerprint density at radius 3 is 1.71 bits per heavy atom. The van der Waals surface area contributed by atoms with Gasteiger partial charge in [-0.15, -0.1) is 0 Å². The second kappa shape index (κ2) is 4.50. The van der Waals surface area contributed by atoms with Crippen LogP contribution in [-0.4, -0.2) is 0 Å². The van der Waals surface area contributed by atoms with Crippen molar-refractivity contribution in [3.05, 3.63) is 17.9 Å². The van der Waals surface area contributed by atoms with E-state index in [0.29, 0.717) is 0 Å². The lowest BCUT2D eigenvalue weighted by atomic mass is 10.6. The fourth-order valence-corrected chi connectivity index (χ4v) is 0.116. The van der Waals surface area contributed by atoms with E-state index < -0.39 is 0 Å². The monoisotopic (exact) mass is 90.0 g/mol. The molecule has 0 aromatic heterocycles. The first-order valence-electron chi connectivity index (χ1n) is 1.60. The predicted molar refractivity (Wildman–Crippen MR) is 23.9 cm³/mol. The summed E-state index contributed by atoms with van der Waals surface area (Å²) in [5.41, 5.74) is 2.31. The zero-order valence-corrected chi connectivity index (χ0v) is 3.55. The number of nitrogens with zero attached hydrogens (tertiary/aromatic N) is 2. The lowest BCUT2D eigenvalue weighted by molar-refractivity contribution is 1.53. The fraction of sp³-hybridized carbons (Fsp3) is 0. The van der Waals surface area contributed by atoms with Crippen LogP contribution in [0.2, 0.25) is 0 Å². The molecule has 32 valence electrons. The summed E-state index contributed by atoms with van der Waals surface area (Å²) in [6.45, 7) is 0. The zero-order valence-electron chi connectivity index (χ0n) is 3.55. The van der Waals surface area contributed by atoms with E-state index in [2.05, 4.69) is 5.73 Å². The number of rotatable bonds is 0. The molecule has 0 aliphatic rings. The molecule has 0 radical (unpaired) electrons. The van der Waals surface area contributed by atoms with Crippen LogP contribution in [0.4, 0.5) is 0 Å². The van der Waals surface area contributed by atoms with Crippen molar-refractivity contribution in [2.45, 2.75) is 0 Å². The molecule has 0 fully saturated rings. The average Bonchev–Trinajstić information content (AvgIpc) is 1.69. The van der Waals surface area contributed by atoms with Gasteiger partial charge >= 0.3 is 0 Å². The van der Waals surface area contributed by atoms with Crippen LogP contribution in [0.25, 0.3) is 0 Å². The first-order chi connectivity index (χ1) is 3.41. The molecule has 0 amide bonds. The van der Waals surface area contributed by atoms with Crippen molar-refractivity contribution >= 4 is 0 Å². The van der Waals surface area contributed by atoms with Gasteiger partial charge in [0.1, 0.15) is 0 Å². The topological polar surface area (TPSA) is 47.6 Å². The van der Waals surface area contributed by atoms with Gasteiger partial charge in [-0.2, -0.15) is 10.5 Å². The quantitative estimate of drug-likeness (QED) is 0.325. The minimum Gasteiger partial charge on any atom is -0.192 e. The number of allylic oxidation sites excluding steroid dienone is 1. The van der Waals surface area contributed by atoms with Crippen LogP contribution in [0.15, 0.2) is 17.9 Å². The summed E-state index contributed by atoms with van der Waals surface area (Å²) in [5, 5.41) is 15.6. The maximum atomic E-state index is 7.80. The first kappa shape index (κ1) is 5.50. The van der Waals surface area contributed by atoms with Crippen LogP contribution in [-0.2, 0) is 0 Å². The van der Waals surface area contributed by atoms with E-state index in [1.807, 2.05) is 0 Å². The molecule has 0 aromatic rings. The predicted octanol–water partition coefficient (Wildman–Crippen LogP) is 0.745. The summed E-state index contributed by atoms with van der Waals surface area (Å²) >= 11 is 0. The van der Waals surface area contributed by atoms with Gasteiger partial charge < -0.3 is 0 Å². The van der Waals surface area contributed by atoms with Crippen LogP contribution in [0, 0.1) is 22.7 Å². The molecule has 0 saturated carbocycles. The molecular formula is C5H2N2. The summed E-state index contributed by atoms with van der Waals surface area (Å²) in [6, 6.07) is 3.37. The molecule has 0 aliphatic carbocycles.